The van der Waals surface area contributed by atoms with Crippen LogP contribution in [0.2, 0.25) is 0 Å². The van der Waals surface area contributed by atoms with Gasteiger partial charge in [0.05, 0.1) is 0 Å². The van der Waals surface area contributed by atoms with Crippen LogP contribution in [0, 0.1) is 11.3 Å². The van der Waals surface area contributed by atoms with Crippen molar-refractivity contribution >= 4 is 11.6 Å². The van der Waals surface area contributed by atoms with Gasteiger partial charge in [0.2, 0.25) is 0 Å². The summed E-state index contributed by atoms with van der Waals surface area (Å²) in [5.74, 6) is 1.71. The molecule has 13 heavy (non-hydrogen) atoms. The summed E-state index contributed by atoms with van der Waals surface area (Å²) in [5.41, 5.74) is 0.496. The highest BCUT2D eigenvalue weighted by Gasteiger charge is 2.35. The maximum atomic E-state index is 6.17. The molecule has 1 rings (SSSR count). The van der Waals surface area contributed by atoms with Crippen LogP contribution in [0.5, 0.6) is 0 Å². The summed E-state index contributed by atoms with van der Waals surface area (Å²) in [6.07, 6.45) is 9.64. The Kier molecular flexibility index (Phi) is 4.58. The molecule has 1 aliphatic rings. The molecule has 78 valence electrons. The number of hydrogen-bond donors (Lipinski definition) is 0. The van der Waals surface area contributed by atoms with Crippen LogP contribution in [0.3, 0.4) is 0 Å². The topological polar surface area (TPSA) is 0 Å². The van der Waals surface area contributed by atoms with E-state index >= 15 is 0 Å². The first-order valence-corrected chi connectivity index (χ1v) is 6.34. The molecule has 0 spiro atoms. The summed E-state index contributed by atoms with van der Waals surface area (Å²) in [7, 11) is 0. The average Bonchev–Trinajstić information content (AvgIpc) is 2.19. The van der Waals surface area contributed by atoms with Crippen molar-refractivity contribution in [3.05, 3.63) is 0 Å². The molecular weight excluding hydrogens is 180 g/mol. The molecule has 0 N–H and O–H groups in total. The number of hydrogen-bond acceptors (Lipinski definition) is 0. The highest BCUT2D eigenvalue weighted by atomic mass is 35.5. The van der Waals surface area contributed by atoms with Crippen LogP contribution in [0.25, 0.3) is 0 Å². The molecule has 0 aliphatic heterocycles. The van der Waals surface area contributed by atoms with Crippen LogP contribution in [0.1, 0.15) is 58.8 Å². The van der Waals surface area contributed by atoms with Crippen LogP contribution >= 0.6 is 11.6 Å². The molecule has 1 saturated carbocycles. The fourth-order valence-electron chi connectivity index (χ4n) is 2.75. The van der Waals surface area contributed by atoms with Gasteiger partial charge in [-0.1, -0.05) is 46.0 Å². The molecular formula is C12H23Cl. The number of alkyl halides is 1. The summed E-state index contributed by atoms with van der Waals surface area (Å²) < 4.78 is 0. The van der Waals surface area contributed by atoms with Crippen molar-refractivity contribution in [3.63, 3.8) is 0 Å². The molecule has 0 bridgehead atoms. The zero-order valence-corrected chi connectivity index (χ0v) is 9.87. The van der Waals surface area contributed by atoms with E-state index in [2.05, 4.69) is 13.8 Å². The van der Waals surface area contributed by atoms with Gasteiger partial charge in [-0.3, -0.25) is 0 Å². The summed E-state index contributed by atoms with van der Waals surface area (Å²) in [6.45, 7) is 4.68. The first-order chi connectivity index (χ1) is 6.25. The average molecular weight is 203 g/mol. The highest BCUT2D eigenvalue weighted by molar-refractivity contribution is 6.18. The van der Waals surface area contributed by atoms with E-state index in [1.807, 2.05) is 0 Å². The summed E-state index contributed by atoms with van der Waals surface area (Å²) in [5, 5.41) is 0. The van der Waals surface area contributed by atoms with Gasteiger partial charge in [-0.25, -0.2) is 0 Å². The van der Waals surface area contributed by atoms with Crippen molar-refractivity contribution in [2.24, 2.45) is 11.3 Å². The zero-order valence-electron chi connectivity index (χ0n) is 9.11. The quantitative estimate of drug-likeness (QED) is 0.584. The summed E-state index contributed by atoms with van der Waals surface area (Å²) >= 11 is 6.17. The van der Waals surface area contributed by atoms with E-state index in [1.54, 1.807) is 0 Å². The monoisotopic (exact) mass is 202 g/mol. The first-order valence-electron chi connectivity index (χ1n) is 5.81. The lowest BCUT2D eigenvalue weighted by Gasteiger charge is -2.41. The summed E-state index contributed by atoms with van der Waals surface area (Å²) in [4.78, 5) is 0. The van der Waals surface area contributed by atoms with Crippen molar-refractivity contribution in [2.75, 3.05) is 5.88 Å². The molecule has 1 heteroatoms. The second-order valence-corrected chi connectivity index (χ2v) is 5.01. The minimum Gasteiger partial charge on any atom is -0.126 e. The molecule has 1 fully saturated rings. The van der Waals surface area contributed by atoms with Gasteiger partial charge in [0.1, 0.15) is 0 Å². The van der Waals surface area contributed by atoms with Crippen molar-refractivity contribution < 1.29 is 0 Å². The van der Waals surface area contributed by atoms with Crippen LogP contribution in [-0.4, -0.2) is 5.88 Å². The fraction of sp³-hybridized carbons (Fsp3) is 1.00. The standard InChI is InChI=1S/C12H23Cl/c1-3-7-11(2)12(10-13)8-5-4-6-9-12/h11H,3-10H2,1-2H3. The molecule has 1 aliphatic carbocycles. The Morgan fingerprint density at radius 3 is 2.31 bits per heavy atom. The SMILES string of the molecule is CCCC(C)C1(CCl)CCCCC1. The maximum absolute atomic E-state index is 6.17. The van der Waals surface area contributed by atoms with Crippen LogP contribution in [-0.2, 0) is 0 Å². The third-order valence-electron chi connectivity index (χ3n) is 3.88. The lowest BCUT2D eigenvalue weighted by Crippen LogP contribution is -2.33. The van der Waals surface area contributed by atoms with Crippen molar-refractivity contribution in [3.8, 4) is 0 Å². The van der Waals surface area contributed by atoms with E-state index in [0.29, 0.717) is 5.41 Å². The Hall–Kier alpha value is 0.290. The van der Waals surface area contributed by atoms with Crippen LogP contribution < -0.4 is 0 Å². The molecule has 0 aromatic rings. The van der Waals surface area contributed by atoms with Crippen molar-refractivity contribution in [1.29, 1.82) is 0 Å². The smallest absolute Gasteiger partial charge is 0.0282 e. The fourth-order valence-corrected chi connectivity index (χ4v) is 3.28. The maximum Gasteiger partial charge on any atom is 0.0282 e. The van der Waals surface area contributed by atoms with Crippen LogP contribution in [0.15, 0.2) is 0 Å². The van der Waals surface area contributed by atoms with E-state index in [4.69, 9.17) is 11.6 Å². The Morgan fingerprint density at radius 1 is 1.23 bits per heavy atom. The van der Waals surface area contributed by atoms with Gasteiger partial charge in [-0.2, -0.15) is 0 Å². The molecule has 0 nitrogen and oxygen atoms in total. The lowest BCUT2D eigenvalue weighted by molar-refractivity contribution is 0.127. The van der Waals surface area contributed by atoms with E-state index in [0.717, 1.165) is 11.8 Å². The third kappa shape index (κ3) is 2.62. The van der Waals surface area contributed by atoms with Crippen molar-refractivity contribution in [1.82, 2.24) is 0 Å². The lowest BCUT2D eigenvalue weighted by atomic mass is 9.66. The highest BCUT2D eigenvalue weighted by Crippen LogP contribution is 2.45. The van der Waals surface area contributed by atoms with Gasteiger partial charge in [0, 0.05) is 5.88 Å². The van der Waals surface area contributed by atoms with E-state index in [1.165, 1.54) is 44.9 Å². The molecule has 0 heterocycles. The van der Waals surface area contributed by atoms with Gasteiger partial charge < -0.3 is 0 Å². The largest absolute Gasteiger partial charge is 0.126 e. The minimum absolute atomic E-state index is 0.496. The molecule has 0 aromatic heterocycles. The van der Waals surface area contributed by atoms with Gasteiger partial charge in [0.25, 0.3) is 0 Å². The Morgan fingerprint density at radius 2 is 1.85 bits per heavy atom. The molecule has 1 unspecified atom stereocenters. The molecule has 0 aromatic carbocycles. The second-order valence-electron chi connectivity index (χ2n) is 4.75. The molecule has 0 radical (unpaired) electrons. The predicted octanol–water partition coefficient (Wildman–Crippen LogP) is 4.61. The predicted molar refractivity (Wildman–Crippen MR) is 60.3 cm³/mol. The Bertz CT molecular complexity index is 136. The number of halogens is 1. The second kappa shape index (κ2) is 5.24. The van der Waals surface area contributed by atoms with Gasteiger partial charge >= 0.3 is 0 Å². The Labute approximate surface area is 88.1 Å². The molecule has 0 saturated heterocycles. The van der Waals surface area contributed by atoms with Gasteiger partial charge in [-0.15, -0.1) is 11.6 Å². The Balaban J connectivity index is 2.55. The first kappa shape index (κ1) is 11.4. The third-order valence-corrected chi connectivity index (χ3v) is 4.41. The van der Waals surface area contributed by atoms with Gasteiger partial charge in [-0.05, 0) is 24.2 Å². The normalized spacial score (nSPS) is 24.2. The molecule has 0 amide bonds. The van der Waals surface area contributed by atoms with Crippen LogP contribution in [0.4, 0.5) is 0 Å². The minimum atomic E-state index is 0.496. The van der Waals surface area contributed by atoms with Gasteiger partial charge in [0.15, 0.2) is 0 Å². The zero-order chi connectivity index (χ0) is 9.73. The van der Waals surface area contributed by atoms with E-state index in [9.17, 15) is 0 Å². The number of rotatable bonds is 4. The molecule has 1 atom stereocenters. The van der Waals surface area contributed by atoms with Crippen molar-refractivity contribution in [2.45, 2.75) is 58.8 Å². The summed E-state index contributed by atoms with van der Waals surface area (Å²) in [6, 6.07) is 0. The van der Waals surface area contributed by atoms with E-state index in [-0.39, 0.29) is 0 Å². The van der Waals surface area contributed by atoms with E-state index < -0.39 is 0 Å².